The molecule has 2 aromatic carbocycles. The largest absolute Gasteiger partial charge is 1.00 e. The minimum absolute atomic E-state index is 0. The molecule has 0 aliphatic carbocycles. The number of pyridine rings is 2. The van der Waals surface area contributed by atoms with E-state index in [1.807, 2.05) is 36.4 Å². The Labute approximate surface area is 350 Å². The fraction of sp³-hybridized carbons (Fsp3) is 0. The fourth-order valence-corrected chi connectivity index (χ4v) is 2.15. The van der Waals surface area contributed by atoms with Crippen molar-refractivity contribution in [3.63, 3.8) is 0 Å². The summed E-state index contributed by atoms with van der Waals surface area (Å²) in [5.41, 5.74) is 1.10. The summed E-state index contributed by atoms with van der Waals surface area (Å²) in [7, 11) is -5.17. The summed E-state index contributed by atoms with van der Waals surface area (Å²) in [6.07, 6.45) is 3.26. The van der Waals surface area contributed by atoms with Crippen LogP contribution < -0.4 is 216 Å². The van der Waals surface area contributed by atoms with Crippen LogP contribution in [0.5, 0.6) is 11.5 Å². The molecule has 0 atom stereocenters. The van der Waals surface area contributed by atoms with Crippen molar-refractivity contribution >= 4 is 32.2 Å². The number of nitrogens with zero attached hydrogens (tertiary/aromatic N) is 2. The normalized spacial score (nSPS) is 9.10. The van der Waals surface area contributed by atoms with Crippen LogP contribution in [0.4, 0.5) is 0 Å². The van der Waals surface area contributed by atoms with Crippen molar-refractivity contribution in [1.29, 1.82) is 0 Å². The molecule has 0 radical (unpaired) electrons. The van der Waals surface area contributed by atoms with E-state index >= 15 is 0 Å². The molecule has 13 heteroatoms. The second-order valence-corrected chi connectivity index (χ2v) is 5.89. The Hall–Kier alpha value is 3.28. The number of hydrogen-bond acceptors (Lipinski definition) is 8. The quantitative estimate of drug-likeness (QED) is 0.121. The molecule has 0 bridgehead atoms. The molecule has 0 aliphatic rings. The molecule has 0 spiro atoms. The maximum absolute atomic E-state index is 11.1. The van der Waals surface area contributed by atoms with E-state index in [9.17, 15) is 10.2 Å². The van der Waals surface area contributed by atoms with Gasteiger partial charge in [0.1, 0.15) is 0 Å². The second kappa shape index (κ2) is 20.3. The van der Waals surface area contributed by atoms with Gasteiger partial charge in [0.25, 0.3) is 0 Å². The van der Waals surface area contributed by atoms with Crippen molar-refractivity contribution in [3.05, 3.63) is 73.1 Å². The van der Waals surface area contributed by atoms with Gasteiger partial charge in [-0.3, -0.25) is 18.4 Å². The van der Waals surface area contributed by atoms with Gasteiger partial charge in [0.2, 0.25) is 0 Å². The predicted molar refractivity (Wildman–Crippen MR) is 92.9 cm³/mol. The van der Waals surface area contributed by atoms with Crippen molar-refractivity contribution in [1.82, 2.24) is 9.97 Å². The molecule has 2 aromatic heterocycles. The molecule has 0 saturated carbocycles. The van der Waals surface area contributed by atoms with E-state index in [2.05, 4.69) is 9.97 Å². The summed E-state index contributed by atoms with van der Waals surface area (Å²) in [4.78, 5) is 7.94. The van der Waals surface area contributed by atoms with Crippen molar-refractivity contribution in [2.45, 2.75) is 0 Å². The average molecular weight is 541 g/mol. The number of hydrogen-bond donors (Lipinski definition) is 0. The second-order valence-electron chi connectivity index (χ2n) is 5.07. The third-order valence-corrected chi connectivity index (χ3v) is 3.19. The van der Waals surface area contributed by atoms with E-state index in [4.69, 9.17) is 17.5 Å². The van der Waals surface area contributed by atoms with Crippen LogP contribution in [-0.2, 0) is 10.4 Å². The molecule has 0 amide bonds. The van der Waals surface area contributed by atoms with Crippen molar-refractivity contribution in [2.75, 3.05) is 0 Å². The first-order valence-electron chi connectivity index (χ1n) is 7.44. The van der Waals surface area contributed by atoms with E-state index in [-0.39, 0.29) is 217 Å². The smallest absolute Gasteiger partial charge is 0.871 e. The first-order chi connectivity index (χ1) is 12.8. The van der Waals surface area contributed by atoms with Gasteiger partial charge in [-0.15, -0.1) is 0 Å². The van der Waals surface area contributed by atoms with E-state index in [0.717, 1.165) is 10.8 Å². The molecule has 31 heavy (non-hydrogen) atoms. The topological polar surface area (TPSA) is 152 Å². The number of para-hydroxylation sites is 2. The molecule has 0 unspecified atom stereocenters. The van der Waals surface area contributed by atoms with Crippen LogP contribution in [0.2, 0.25) is 0 Å². The molecular weight excluding hydrogens is 529 g/mol. The van der Waals surface area contributed by atoms with Gasteiger partial charge in [-0.2, -0.15) is 0 Å². The number of fused-ring (bicyclic) bond motifs is 2. The Morgan fingerprint density at radius 2 is 0.871 bits per heavy atom. The summed E-state index contributed by atoms with van der Waals surface area (Å²) in [6.45, 7) is 0. The molecule has 0 fully saturated rings. The van der Waals surface area contributed by atoms with Crippen molar-refractivity contribution < 1.29 is 233 Å². The third kappa shape index (κ3) is 15.9. The fourth-order valence-electron chi connectivity index (χ4n) is 2.15. The summed E-state index contributed by atoms with van der Waals surface area (Å²) < 4.78 is 34.1. The van der Waals surface area contributed by atoms with Gasteiger partial charge in [0.15, 0.2) is 0 Å². The summed E-state index contributed by atoms with van der Waals surface area (Å²) in [5.74, 6) is -0.0220. The standard InChI is InChI=1S/2C9H7NO.4K.H2O4S/c2*11-8-5-1-3-7-4-2-6-10-9(7)8;;;;;1-5(2,3)4/h2*1-6,11H;;;;;(H2,1,2,3,4)/q;;4*+1;/p-4. The minimum atomic E-state index is -5.17. The Balaban J connectivity index is -0.000000379. The van der Waals surface area contributed by atoms with E-state index in [1.165, 1.54) is 12.1 Å². The number of benzene rings is 2. The summed E-state index contributed by atoms with van der Waals surface area (Å²) >= 11 is 0. The first-order valence-corrected chi connectivity index (χ1v) is 8.77. The van der Waals surface area contributed by atoms with Gasteiger partial charge in [-0.05, 0) is 22.9 Å². The van der Waals surface area contributed by atoms with E-state index in [1.54, 1.807) is 24.5 Å². The number of aromatic nitrogens is 2. The molecular formula is C18H12K4N2O6S. The van der Waals surface area contributed by atoms with Crippen LogP contribution in [0.25, 0.3) is 21.8 Å². The predicted octanol–water partition coefficient (Wildman–Crippen LogP) is -10.7. The minimum Gasteiger partial charge on any atom is -0.871 e. The van der Waals surface area contributed by atoms with Gasteiger partial charge >= 0.3 is 206 Å². The van der Waals surface area contributed by atoms with Gasteiger partial charge in [-0.25, -0.2) is 0 Å². The molecule has 2 heterocycles. The molecule has 0 aliphatic heterocycles. The molecule has 4 rings (SSSR count). The molecule has 0 N–H and O–H groups in total. The Morgan fingerprint density at radius 1 is 0.581 bits per heavy atom. The Kier molecular flexibility index (Phi) is 25.5. The molecule has 8 nitrogen and oxygen atoms in total. The van der Waals surface area contributed by atoms with Crippen LogP contribution in [-0.4, -0.2) is 27.5 Å². The van der Waals surface area contributed by atoms with Crippen molar-refractivity contribution in [3.8, 4) is 11.5 Å². The molecule has 140 valence electrons. The van der Waals surface area contributed by atoms with E-state index < -0.39 is 10.4 Å². The van der Waals surface area contributed by atoms with Crippen LogP contribution >= 0.6 is 0 Å². The summed E-state index contributed by atoms with van der Waals surface area (Å²) in [5, 5.41) is 24.0. The zero-order valence-electron chi connectivity index (χ0n) is 17.7. The molecule has 4 aromatic rings. The SMILES string of the molecule is O=S(=O)([O-])[O-].[K+].[K+].[K+].[K+].[O-]c1cccc2cccnc12.[O-]c1cccc2cccnc12. The van der Waals surface area contributed by atoms with Gasteiger partial charge < -0.3 is 19.3 Å². The Bertz CT molecular complexity index is 1070. The average Bonchev–Trinajstić information content (AvgIpc) is 2.62. The number of rotatable bonds is 0. The van der Waals surface area contributed by atoms with Gasteiger partial charge in [0.05, 0.1) is 11.0 Å². The van der Waals surface area contributed by atoms with Gasteiger partial charge in [-0.1, -0.05) is 60.0 Å². The zero-order chi connectivity index (χ0) is 19.9. The van der Waals surface area contributed by atoms with Crippen LogP contribution in [0, 0.1) is 0 Å². The maximum Gasteiger partial charge on any atom is 1.00 e. The van der Waals surface area contributed by atoms with Crippen LogP contribution in [0.1, 0.15) is 0 Å². The first kappa shape index (κ1) is 38.8. The summed E-state index contributed by atoms with van der Waals surface area (Å²) in [6, 6.07) is 17.7. The van der Waals surface area contributed by atoms with Gasteiger partial charge in [0, 0.05) is 22.8 Å². The van der Waals surface area contributed by atoms with E-state index in [0.29, 0.717) is 11.0 Å². The Morgan fingerprint density at radius 3 is 1.16 bits per heavy atom. The third-order valence-electron chi connectivity index (χ3n) is 3.19. The molecule has 0 saturated heterocycles. The monoisotopic (exact) mass is 540 g/mol. The maximum atomic E-state index is 11.1. The van der Waals surface area contributed by atoms with Crippen LogP contribution in [0.15, 0.2) is 73.1 Å². The van der Waals surface area contributed by atoms with Crippen molar-refractivity contribution in [2.24, 2.45) is 0 Å². The van der Waals surface area contributed by atoms with Crippen LogP contribution in [0.3, 0.4) is 0 Å². The zero-order valence-corrected chi connectivity index (χ0v) is 31.0.